The molecule has 0 spiro atoms. The van der Waals surface area contributed by atoms with Gasteiger partial charge in [-0.25, -0.2) is 4.79 Å². The molecule has 1 saturated heterocycles. The zero-order valence-electron chi connectivity index (χ0n) is 10.2. The number of morpholine rings is 1. The molecule has 2 rings (SSSR count). The molecule has 0 radical (unpaired) electrons. The van der Waals surface area contributed by atoms with Crippen molar-refractivity contribution in [2.24, 2.45) is 0 Å². The molecule has 2 fully saturated rings. The normalized spacial score (nSPS) is 33.7. The molecule has 0 aromatic carbocycles. The van der Waals surface area contributed by atoms with Crippen molar-refractivity contribution in [2.75, 3.05) is 34.4 Å². The highest BCUT2D eigenvalue weighted by molar-refractivity contribution is 5.74. The van der Waals surface area contributed by atoms with Crippen LogP contribution in [-0.2, 0) is 9.47 Å². The molecular weight excluding hydrogens is 208 g/mol. The molecule has 3 atom stereocenters. The van der Waals surface area contributed by atoms with Gasteiger partial charge in [-0.2, -0.15) is 0 Å². The molecule has 0 unspecified atom stereocenters. The molecule has 2 aliphatic rings. The number of nitrogens with zero attached hydrogens (tertiary/aromatic N) is 2. The molecule has 16 heavy (non-hydrogen) atoms. The van der Waals surface area contributed by atoms with Crippen LogP contribution in [0.5, 0.6) is 0 Å². The lowest BCUT2D eigenvalue weighted by Crippen LogP contribution is -2.56. The lowest BCUT2D eigenvalue weighted by molar-refractivity contribution is -0.0943. The van der Waals surface area contributed by atoms with Crippen LogP contribution in [0.25, 0.3) is 0 Å². The van der Waals surface area contributed by atoms with Crippen molar-refractivity contribution in [3.63, 3.8) is 0 Å². The van der Waals surface area contributed by atoms with E-state index in [-0.39, 0.29) is 24.3 Å². The van der Waals surface area contributed by atoms with Gasteiger partial charge in [-0.05, 0) is 12.8 Å². The third-order valence-corrected chi connectivity index (χ3v) is 3.47. The summed E-state index contributed by atoms with van der Waals surface area (Å²) >= 11 is 0. The highest BCUT2D eigenvalue weighted by atomic mass is 16.5. The Labute approximate surface area is 96.3 Å². The van der Waals surface area contributed by atoms with Gasteiger partial charge in [0, 0.05) is 27.7 Å². The van der Waals surface area contributed by atoms with E-state index in [2.05, 4.69) is 0 Å². The molecule has 0 aromatic heterocycles. The first-order chi connectivity index (χ1) is 7.65. The Kier molecular flexibility index (Phi) is 3.35. The first-order valence-electron chi connectivity index (χ1n) is 5.77. The van der Waals surface area contributed by atoms with Gasteiger partial charge in [0.2, 0.25) is 0 Å². The standard InChI is InChI=1S/C11H20N2O3/c1-12(2)11(14)13-6-7-16-10-8(13)4-5-9(10)15-3/h8-10H,4-7H2,1-3H3/t8-,9-,10+/m1/s1. The molecule has 1 saturated carbocycles. The average molecular weight is 228 g/mol. The molecule has 5 nitrogen and oxygen atoms in total. The summed E-state index contributed by atoms with van der Waals surface area (Å²) in [4.78, 5) is 15.5. The fraction of sp³-hybridized carbons (Fsp3) is 0.909. The quantitative estimate of drug-likeness (QED) is 0.658. The van der Waals surface area contributed by atoms with Gasteiger partial charge in [0.05, 0.1) is 18.8 Å². The monoisotopic (exact) mass is 228 g/mol. The molecule has 1 aliphatic carbocycles. The zero-order valence-corrected chi connectivity index (χ0v) is 10.2. The van der Waals surface area contributed by atoms with E-state index in [1.54, 1.807) is 26.1 Å². The van der Waals surface area contributed by atoms with Crippen LogP contribution in [0.1, 0.15) is 12.8 Å². The maximum Gasteiger partial charge on any atom is 0.319 e. The van der Waals surface area contributed by atoms with Gasteiger partial charge in [-0.1, -0.05) is 0 Å². The van der Waals surface area contributed by atoms with E-state index < -0.39 is 0 Å². The van der Waals surface area contributed by atoms with Crippen molar-refractivity contribution < 1.29 is 14.3 Å². The highest BCUT2D eigenvalue weighted by Gasteiger charge is 2.44. The summed E-state index contributed by atoms with van der Waals surface area (Å²) < 4.78 is 11.1. The predicted molar refractivity (Wildman–Crippen MR) is 59.3 cm³/mol. The van der Waals surface area contributed by atoms with Gasteiger partial charge in [0.15, 0.2) is 0 Å². The van der Waals surface area contributed by atoms with E-state index in [0.717, 1.165) is 12.8 Å². The third kappa shape index (κ3) is 1.89. The minimum absolute atomic E-state index is 0.0580. The first-order valence-corrected chi connectivity index (χ1v) is 5.77. The van der Waals surface area contributed by atoms with E-state index >= 15 is 0 Å². The molecule has 92 valence electrons. The smallest absolute Gasteiger partial charge is 0.319 e. The van der Waals surface area contributed by atoms with Gasteiger partial charge in [0.1, 0.15) is 6.10 Å². The largest absolute Gasteiger partial charge is 0.379 e. The fourth-order valence-electron chi connectivity index (χ4n) is 2.66. The number of urea groups is 1. The number of carbonyl (C=O) groups is 1. The van der Waals surface area contributed by atoms with Gasteiger partial charge in [-0.3, -0.25) is 0 Å². The topological polar surface area (TPSA) is 42.0 Å². The van der Waals surface area contributed by atoms with Crippen molar-refractivity contribution in [3.8, 4) is 0 Å². The number of ether oxygens (including phenoxy) is 2. The second kappa shape index (κ2) is 4.59. The molecule has 0 bridgehead atoms. The van der Waals surface area contributed by atoms with Crippen LogP contribution in [0.15, 0.2) is 0 Å². The maximum absolute atomic E-state index is 12.0. The number of rotatable bonds is 1. The van der Waals surface area contributed by atoms with Crippen molar-refractivity contribution in [3.05, 3.63) is 0 Å². The second-order valence-corrected chi connectivity index (χ2v) is 4.62. The van der Waals surface area contributed by atoms with Gasteiger partial charge < -0.3 is 19.3 Å². The highest BCUT2D eigenvalue weighted by Crippen LogP contribution is 2.32. The van der Waals surface area contributed by atoms with Crippen LogP contribution in [0.2, 0.25) is 0 Å². The average Bonchev–Trinajstić information content (AvgIpc) is 2.70. The second-order valence-electron chi connectivity index (χ2n) is 4.62. The van der Waals surface area contributed by atoms with Crippen molar-refractivity contribution in [1.82, 2.24) is 9.80 Å². The minimum Gasteiger partial charge on any atom is -0.379 e. The van der Waals surface area contributed by atoms with E-state index in [1.165, 1.54) is 0 Å². The zero-order chi connectivity index (χ0) is 11.7. The Morgan fingerprint density at radius 3 is 2.81 bits per heavy atom. The molecular formula is C11H20N2O3. The van der Waals surface area contributed by atoms with E-state index in [9.17, 15) is 4.79 Å². The summed E-state index contributed by atoms with van der Waals surface area (Å²) in [7, 11) is 5.29. The molecule has 0 aromatic rings. The molecule has 1 heterocycles. The SMILES string of the molecule is CO[C@@H]1CC[C@@H]2[C@@H]1OCCN2C(=O)N(C)C. The van der Waals surface area contributed by atoms with Crippen LogP contribution in [-0.4, -0.2) is 68.4 Å². The number of amides is 2. The van der Waals surface area contributed by atoms with E-state index in [1.807, 2.05) is 4.90 Å². The summed E-state index contributed by atoms with van der Waals surface area (Å²) in [6.45, 7) is 1.30. The van der Waals surface area contributed by atoms with Crippen LogP contribution < -0.4 is 0 Å². The Morgan fingerprint density at radius 1 is 1.44 bits per heavy atom. The van der Waals surface area contributed by atoms with E-state index in [4.69, 9.17) is 9.47 Å². The minimum atomic E-state index is 0.0580. The van der Waals surface area contributed by atoms with Crippen LogP contribution in [0.4, 0.5) is 4.79 Å². The summed E-state index contributed by atoms with van der Waals surface area (Å²) in [5.41, 5.74) is 0. The third-order valence-electron chi connectivity index (χ3n) is 3.47. The summed E-state index contributed by atoms with van der Waals surface area (Å²) in [5, 5.41) is 0. The molecule has 0 N–H and O–H groups in total. The lowest BCUT2D eigenvalue weighted by atomic mass is 10.1. The van der Waals surface area contributed by atoms with Crippen molar-refractivity contribution in [2.45, 2.75) is 31.1 Å². The van der Waals surface area contributed by atoms with E-state index in [0.29, 0.717) is 13.2 Å². The number of methoxy groups -OCH3 is 1. The lowest BCUT2D eigenvalue weighted by Gasteiger charge is -2.39. The van der Waals surface area contributed by atoms with Crippen molar-refractivity contribution >= 4 is 6.03 Å². The number of fused-ring (bicyclic) bond motifs is 1. The van der Waals surface area contributed by atoms with Crippen LogP contribution in [0.3, 0.4) is 0 Å². The van der Waals surface area contributed by atoms with Gasteiger partial charge in [-0.15, -0.1) is 0 Å². The Hall–Kier alpha value is -0.810. The predicted octanol–water partition coefficient (Wildman–Crippen LogP) is 0.546. The number of hydrogen-bond donors (Lipinski definition) is 0. The van der Waals surface area contributed by atoms with Crippen molar-refractivity contribution in [1.29, 1.82) is 0 Å². The molecule has 1 aliphatic heterocycles. The Bertz CT molecular complexity index is 270. The Balaban J connectivity index is 2.08. The molecule has 5 heteroatoms. The summed E-state index contributed by atoms with van der Waals surface area (Å²) in [6, 6.07) is 0.267. The van der Waals surface area contributed by atoms with Crippen LogP contribution >= 0.6 is 0 Å². The maximum atomic E-state index is 12.0. The number of hydrogen-bond acceptors (Lipinski definition) is 3. The van der Waals surface area contributed by atoms with Gasteiger partial charge >= 0.3 is 6.03 Å². The first kappa shape index (κ1) is 11.7. The number of carbonyl (C=O) groups excluding carboxylic acids is 1. The Morgan fingerprint density at radius 2 is 2.19 bits per heavy atom. The molecule has 2 amide bonds. The fourth-order valence-corrected chi connectivity index (χ4v) is 2.66. The van der Waals surface area contributed by atoms with Crippen LogP contribution in [0, 0.1) is 0 Å². The summed E-state index contributed by atoms with van der Waals surface area (Å²) in [5.74, 6) is 0. The summed E-state index contributed by atoms with van der Waals surface area (Å²) in [6.07, 6.45) is 2.15. The van der Waals surface area contributed by atoms with Gasteiger partial charge in [0.25, 0.3) is 0 Å².